The van der Waals surface area contributed by atoms with E-state index in [-0.39, 0.29) is 46.5 Å². The van der Waals surface area contributed by atoms with Gasteiger partial charge in [-0.1, -0.05) is 30.3 Å². The second kappa shape index (κ2) is 5.87. The Bertz CT molecular complexity index is 808. The number of thioether (sulfide) groups is 1. The van der Waals surface area contributed by atoms with E-state index in [4.69, 9.17) is 0 Å². The number of piperidine rings is 1. The molecule has 0 spiro atoms. The number of carbonyl (C=O) groups excluding carboxylic acids is 1. The van der Waals surface area contributed by atoms with Crippen molar-refractivity contribution in [2.45, 2.75) is 54.4 Å². The third-order valence-corrected chi connectivity index (χ3v) is 7.92. The molecule has 5 heteroatoms. The fourth-order valence-corrected chi connectivity index (χ4v) is 6.29. The maximum atomic E-state index is 12.4. The quantitative estimate of drug-likeness (QED) is 0.844. The first-order valence-corrected chi connectivity index (χ1v) is 10.4. The van der Waals surface area contributed by atoms with Crippen molar-refractivity contribution in [2.75, 3.05) is 0 Å². The van der Waals surface area contributed by atoms with E-state index in [0.29, 0.717) is 6.42 Å². The number of amides is 1. The van der Waals surface area contributed by atoms with E-state index < -0.39 is 0 Å². The Balaban J connectivity index is 1.49. The van der Waals surface area contributed by atoms with Gasteiger partial charge in [-0.3, -0.25) is 4.79 Å². The summed E-state index contributed by atoms with van der Waals surface area (Å²) in [6.45, 7) is 0. The van der Waals surface area contributed by atoms with E-state index in [1.165, 1.54) is 0 Å². The third kappa shape index (κ3) is 2.35. The van der Waals surface area contributed by atoms with E-state index in [2.05, 4.69) is 41.7 Å². The molecule has 4 nitrogen and oxygen atoms in total. The highest BCUT2D eigenvalue weighted by Crippen LogP contribution is 2.51. The van der Waals surface area contributed by atoms with E-state index in [0.717, 1.165) is 30.4 Å². The first-order chi connectivity index (χ1) is 12.6. The normalized spacial score (nSPS) is 39.5. The molecule has 1 aromatic carbocycles. The van der Waals surface area contributed by atoms with Gasteiger partial charge in [0.05, 0.1) is 22.8 Å². The van der Waals surface area contributed by atoms with Gasteiger partial charge in [0.2, 0.25) is 5.91 Å². The van der Waals surface area contributed by atoms with Crippen LogP contribution >= 0.6 is 11.8 Å². The van der Waals surface area contributed by atoms with Gasteiger partial charge in [0.15, 0.2) is 0 Å². The summed E-state index contributed by atoms with van der Waals surface area (Å²) in [7, 11) is 0. The molecular weight excluding hydrogens is 344 g/mol. The van der Waals surface area contributed by atoms with Crippen LogP contribution in [0.4, 0.5) is 0 Å². The number of nitrogens with one attached hydrogen (secondary N) is 1. The summed E-state index contributed by atoms with van der Waals surface area (Å²) in [4.78, 5) is 12.4. The first kappa shape index (κ1) is 16.4. The summed E-state index contributed by atoms with van der Waals surface area (Å²) in [6, 6.07) is 10.9. The molecule has 1 saturated heterocycles. The summed E-state index contributed by atoms with van der Waals surface area (Å²) in [5.74, 6) is 0.578. The van der Waals surface area contributed by atoms with Gasteiger partial charge in [-0.25, -0.2) is 0 Å². The van der Waals surface area contributed by atoms with Crippen LogP contribution in [0.3, 0.4) is 0 Å². The molecule has 2 heterocycles. The van der Waals surface area contributed by atoms with Crippen molar-refractivity contribution < 1.29 is 9.90 Å². The second-order valence-corrected chi connectivity index (χ2v) is 9.19. The Kier molecular flexibility index (Phi) is 3.70. The van der Waals surface area contributed by atoms with Crippen LogP contribution in [0.5, 0.6) is 0 Å². The average molecular weight is 366 g/mol. The highest BCUT2D eigenvalue weighted by Gasteiger charge is 2.52. The largest absolute Gasteiger partial charge is 0.392 e. The fraction of sp³-hybridized carbons (Fsp3) is 0.524. The monoisotopic (exact) mass is 366 g/mol. The van der Waals surface area contributed by atoms with Crippen LogP contribution in [-0.2, 0) is 10.2 Å². The van der Waals surface area contributed by atoms with Crippen LogP contribution in [0.2, 0.25) is 0 Å². The van der Waals surface area contributed by atoms with Crippen molar-refractivity contribution >= 4 is 17.7 Å². The minimum Gasteiger partial charge on any atom is -0.392 e. The van der Waals surface area contributed by atoms with Crippen molar-refractivity contribution in [3.05, 3.63) is 46.9 Å². The fourth-order valence-electron chi connectivity index (χ4n) is 5.21. The molecule has 2 saturated carbocycles. The lowest BCUT2D eigenvalue weighted by Gasteiger charge is -2.48. The standard InChI is InChI=1S/C21H22N2O2S/c22-11-21(8-9-21)13-3-1-12(2-4-13)17-16(24)6-5-15-18(17)14-7-10-26-19(14)20(25)23-15/h1-4,7,10,14-19,24H,5-6,8-9H2,(H,23,25). The van der Waals surface area contributed by atoms with Crippen LogP contribution < -0.4 is 5.32 Å². The summed E-state index contributed by atoms with van der Waals surface area (Å²) in [5, 5.41) is 25.4. The zero-order valence-electron chi connectivity index (χ0n) is 14.5. The molecule has 6 unspecified atom stereocenters. The summed E-state index contributed by atoms with van der Waals surface area (Å²) >= 11 is 1.60. The number of hydrogen-bond acceptors (Lipinski definition) is 4. The lowest BCUT2D eigenvalue weighted by atomic mass is 9.63. The van der Waals surface area contributed by atoms with Gasteiger partial charge in [-0.15, -0.1) is 11.8 Å². The van der Waals surface area contributed by atoms with Gasteiger partial charge in [-0.2, -0.15) is 5.26 Å². The third-order valence-electron chi connectivity index (χ3n) is 6.79. The molecule has 0 aromatic heterocycles. The summed E-state index contributed by atoms with van der Waals surface area (Å²) in [5.41, 5.74) is 1.95. The van der Waals surface area contributed by atoms with E-state index in [1.807, 2.05) is 5.41 Å². The number of carbonyl (C=O) groups is 1. The average Bonchev–Trinajstić information content (AvgIpc) is 3.30. The van der Waals surface area contributed by atoms with Crippen molar-refractivity contribution in [1.29, 1.82) is 5.26 Å². The summed E-state index contributed by atoms with van der Waals surface area (Å²) < 4.78 is 0. The maximum absolute atomic E-state index is 12.4. The Morgan fingerprint density at radius 1 is 1.23 bits per heavy atom. The van der Waals surface area contributed by atoms with Crippen molar-refractivity contribution in [2.24, 2.45) is 11.8 Å². The van der Waals surface area contributed by atoms with E-state index in [1.54, 1.807) is 11.8 Å². The number of allylic oxidation sites excluding steroid dienone is 1. The van der Waals surface area contributed by atoms with Crippen LogP contribution in [0, 0.1) is 23.2 Å². The number of rotatable bonds is 2. The molecule has 134 valence electrons. The Morgan fingerprint density at radius 3 is 2.69 bits per heavy atom. The van der Waals surface area contributed by atoms with Gasteiger partial charge >= 0.3 is 0 Å². The van der Waals surface area contributed by atoms with Gasteiger partial charge in [0.25, 0.3) is 0 Å². The Labute approximate surface area is 157 Å². The smallest absolute Gasteiger partial charge is 0.234 e. The first-order valence-electron chi connectivity index (χ1n) is 9.45. The van der Waals surface area contributed by atoms with Crippen molar-refractivity contribution in [3.8, 4) is 6.07 Å². The molecule has 0 radical (unpaired) electrons. The van der Waals surface area contributed by atoms with Crippen LogP contribution in [0.1, 0.15) is 42.7 Å². The van der Waals surface area contributed by atoms with Gasteiger partial charge in [-0.05, 0) is 48.1 Å². The molecule has 6 atom stereocenters. The van der Waals surface area contributed by atoms with Crippen LogP contribution in [0.15, 0.2) is 35.7 Å². The predicted molar refractivity (Wildman–Crippen MR) is 100 cm³/mol. The van der Waals surface area contributed by atoms with Crippen molar-refractivity contribution in [3.63, 3.8) is 0 Å². The number of fused-ring (bicyclic) bond motifs is 3. The lowest BCUT2D eigenvalue weighted by molar-refractivity contribution is -0.126. The topological polar surface area (TPSA) is 73.1 Å². The predicted octanol–water partition coefficient (Wildman–Crippen LogP) is 2.84. The second-order valence-electron chi connectivity index (χ2n) is 8.14. The number of aliphatic hydroxyl groups excluding tert-OH is 1. The minimum atomic E-state index is -0.386. The zero-order chi connectivity index (χ0) is 17.9. The molecule has 0 bridgehead atoms. The minimum absolute atomic E-state index is 0.0245. The molecule has 1 amide bonds. The number of nitrogens with zero attached hydrogens (tertiary/aromatic N) is 1. The van der Waals surface area contributed by atoms with Gasteiger partial charge < -0.3 is 10.4 Å². The van der Waals surface area contributed by atoms with E-state index in [9.17, 15) is 15.2 Å². The Morgan fingerprint density at radius 2 is 2.00 bits per heavy atom. The molecule has 1 aromatic rings. The number of nitriles is 1. The lowest BCUT2D eigenvalue weighted by Crippen LogP contribution is -2.59. The summed E-state index contributed by atoms with van der Waals surface area (Å²) in [6.07, 6.45) is 5.22. The highest BCUT2D eigenvalue weighted by atomic mass is 32.2. The molecule has 3 fully saturated rings. The molecule has 2 N–H and O–H groups in total. The van der Waals surface area contributed by atoms with Gasteiger partial charge in [0.1, 0.15) is 0 Å². The van der Waals surface area contributed by atoms with E-state index >= 15 is 0 Å². The Hall–Kier alpha value is -1.77. The molecule has 5 rings (SSSR count). The van der Waals surface area contributed by atoms with Crippen LogP contribution in [-0.4, -0.2) is 28.4 Å². The molecule has 2 aliphatic carbocycles. The molecular formula is C21H22N2O2S. The van der Waals surface area contributed by atoms with Gasteiger partial charge in [0, 0.05) is 17.9 Å². The maximum Gasteiger partial charge on any atom is 0.234 e. The van der Waals surface area contributed by atoms with Crippen LogP contribution in [0.25, 0.3) is 0 Å². The highest BCUT2D eigenvalue weighted by molar-refractivity contribution is 8.03. The number of benzene rings is 1. The van der Waals surface area contributed by atoms with Crippen molar-refractivity contribution in [1.82, 2.24) is 5.32 Å². The number of hydrogen-bond donors (Lipinski definition) is 2. The SMILES string of the molecule is N#CC1(c2ccc(C3C(O)CCC4NC(=O)C5SC=CC5C43)cc2)CC1. The zero-order valence-corrected chi connectivity index (χ0v) is 15.3. The molecule has 4 aliphatic rings. The molecule has 2 aliphatic heterocycles. The molecule has 26 heavy (non-hydrogen) atoms. The number of aliphatic hydroxyl groups is 1.